The summed E-state index contributed by atoms with van der Waals surface area (Å²) in [4.78, 5) is 16.7. The minimum Gasteiger partial charge on any atom is -0.497 e. The van der Waals surface area contributed by atoms with E-state index in [9.17, 15) is 4.79 Å². The Bertz CT molecular complexity index is 537. The number of rotatable bonds is 6. The molecule has 1 N–H and O–H groups in total. The molecule has 1 atom stereocenters. The number of methoxy groups -OCH3 is 1. The molecule has 0 radical (unpaired) electrons. The third-order valence-corrected chi connectivity index (χ3v) is 5.51. The van der Waals surface area contributed by atoms with Gasteiger partial charge in [-0.2, -0.15) is 0 Å². The molecule has 1 aromatic carbocycles. The number of nitrogens with one attached hydrogen (secondary N) is 1. The molecule has 1 aliphatic rings. The summed E-state index contributed by atoms with van der Waals surface area (Å²) in [7, 11) is 7.70. The van der Waals surface area contributed by atoms with Crippen molar-refractivity contribution in [1.29, 1.82) is 0 Å². The Balaban J connectivity index is 1.93. The van der Waals surface area contributed by atoms with Gasteiger partial charge in [-0.15, -0.1) is 0 Å². The van der Waals surface area contributed by atoms with E-state index in [-0.39, 0.29) is 12.1 Å². The molecule has 0 bridgehead atoms. The van der Waals surface area contributed by atoms with Crippen molar-refractivity contribution in [3.63, 3.8) is 0 Å². The highest BCUT2D eigenvalue weighted by Gasteiger charge is 2.22. The zero-order chi connectivity index (χ0) is 18.9. The standard InChI is InChI=1S/C21H35N3O2/c1-23(2)20(17-12-14-19(26-4)15-13-17)16-22-21(25)24(3)18-10-8-6-5-7-9-11-18/h12-15,18,20H,5-11,16H2,1-4H3,(H,22,25). The van der Waals surface area contributed by atoms with E-state index >= 15 is 0 Å². The molecule has 2 amide bonds. The van der Waals surface area contributed by atoms with Crippen LogP contribution < -0.4 is 10.1 Å². The highest BCUT2D eigenvalue weighted by atomic mass is 16.5. The maximum absolute atomic E-state index is 12.7. The summed E-state index contributed by atoms with van der Waals surface area (Å²) in [6, 6.07) is 8.60. The van der Waals surface area contributed by atoms with Crippen LogP contribution in [0.25, 0.3) is 0 Å². The maximum atomic E-state index is 12.7. The number of nitrogens with zero attached hydrogens (tertiary/aromatic N) is 2. The van der Waals surface area contributed by atoms with Gasteiger partial charge in [0.15, 0.2) is 0 Å². The molecule has 5 heteroatoms. The van der Waals surface area contributed by atoms with Crippen molar-refractivity contribution in [3.8, 4) is 5.75 Å². The largest absolute Gasteiger partial charge is 0.497 e. The molecule has 5 nitrogen and oxygen atoms in total. The van der Waals surface area contributed by atoms with Crippen LogP contribution in [0.4, 0.5) is 4.79 Å². The Labute approximate surface area is 158 Å². The Morgan fingerprint density at radius 3 is 2.19 bits per heavy atom. The molecule has 1 aromatic rings. The molecule has 1 fully saturated rings. The summed E-state index contributed by atoms with van der Waals surface area (Å²) in [6.45, 7) is 0.592. The lowest BCUT2D eigenvalue weighted by Crippen LogP contribution is -2.46. The van der Waals surface area contributed by atoms with Gasteiger partial charge < -0.3 is 19.9 Å². The molecular weight excluding hydrogens is 326 g/mol. The van der Waals surface area contributed by atoms with E-state index in [2.05, 4.69) is 22.3 Å². The van der Waals surface area contributed by atoms with Gasteiger partial charge in [-0.25, -0.2) is 4.79 Å². The lowest BCUT2D eigenvalue weighted by molar-refractivity contribution is 0.174. The average Bonchev–Trinajstić information content (AvgIpc) is 2.61. The molecule has 1 saturated carbocycles. The van der Waals surface area contributed by atoms with E-state index in [1.807, 2.05) is 38.2 Å². The molecule has 146 valence electrons. The smallest absolute Gasteiger partial charge is 0.317 e. The summed E-state index contributed by atoms with van der Waals surface area (Å²) in [5.74, 6) is 0.847. The van der Waals surface area contributed by atoms with E-state index in [1.54, 1.807) is 7.11 Å². The monoisotopic (exact) mass is 361 g/mol. The molecule has 0 saturated heterocycles. The van der Waals surface area contributed by atoms with Crippen molar-refractivity contribution in [2.24, 2.45) is 0 Å². The summed E-state index contributed by atoms with van der Waals surface area (Å²) < 4.78 is 5.24. The molecule has 26 heavy (non-hydrogen) atoms. The lowest BCUT2D eigenvalue weighted by Gasteiger charge is -2.31. The first-order valence-corrected chi connectivity index (χ1v) is 9.84. The van der Waals surface area contributed by atoms with Crippen molar-refractivity contribution in [2.75, 3.05) is 34.8 Å². The van der Waals surface area contributed by atoms with Gasteiger partial charge in [0.05, 0.1) is 13.2 Å². The number of urea groups is 1. The first kappa shape index (κ1) is 20.6. The van der Waals surface area contributed by atoms with Crippen molar-refractivity contribution in [1.82, 2.24) is 15.1 Å². The molecule has 0 spiro atoms. The first-order valence-electron chi connectivity index (χ1n) is 9.84. The predicted octanol–water partition coefficient (Wildman–Crippen LogP) is 4.05. The van der Waals surface area contributed by atoms with Crippen molar-refractivity contribution < 1.29 is 9.53 Å². The van der Waals surface area contributed by atoms with Gasteiger partial charge in [-0.3, -0.25) is 0 Å². The highest BCUT2D eigenvalue weighted by molar-refractivity contribution is 5.74. The van der Waals surface area contributed by atoms with Gasteiger partial charge in [0.2, 0.25) is 0 Å². The normalized spacial score (nSPS) is 17.3. The van der Waals surface area contributed by atoms with Gasteiger partial charge in [0.25, 0.3) is 0 Å². The third kappa shape index (κ3) is 5.90. The van der Waals surface area contributed by atoms with Crippen molar-refractivity contribution >= 4 is 6.03 Å². The summed E-state index contributed by atoms with van der Waals surface area (Å²) in [5.41, 5.74) is 1.17. The van der Waals surface area contributed by atoms with E-state index in [4.69, 9.17) is 4.74 Å². The number of ether oxygens (including phenoxy) is 1. The van der Waals surface area contributed by atoms with Gasteiger partial charge in [-0.05, 0) is 44.6 Å². The van der Waals surface area contributed by atoms with Crippen molar-refractivity contribution in [2.45, 2.75) is 57.0 Å². The Morgan fingerprint density at radius 2 is 1.65 bits per heavy atom. The zero-order valence-corrected chi connectivity index (χ0v) is 16.8. The number of hydrogen-bond donors (Lipinski definition) is 1. The first-order chi connectivity index (χ1) is 12.5. The summed E-state index contributed by atoms with van der Waals surface area (Å²) in [6.07, 6.45) is 8.65. The maximum Gasteiger partial charge on any atom is 0.317 e. The summed E-state index contributed by atoms with van der Waals surface area (Å²) >= 11 is 0. The second-order valence-corrected chi connectivity index (χ2v) is 7.55. The van der Waals surface area contributed by atoms with Gasteiger partial charge in [-0.1, -0.05) is 44.2 Å². The number of amides is 2. The molecule has 0 aliphatic heterocycles. The van der Waals surface area contributed by atoms with Crippen LogP contribution >= 0.6 is 0 Å². The van der Waals surface area contributed by atoms with E-state index in [1.165, 1.54) is 37.7 Å². The molecule has 1 unspecified atom stereocenters. The van der Waals surface area contributed by atoms with Gasteiger partial charge >= 0.3 is 6.03 Å². The minimum atomic E-state index is 0.0379. The molecule has 0 heterocycles. The SMILES string of the molecule is COc1ccc(C(CNC(=O)N(C)C2CCCCCCC2)N(C)C)cc1. The van der Waals surface area contributed by atoms with E-state index in [0.29, 0.717) is 12.6 Å². The van der Waals surface area contributed by atoms with Crippen molar-refractivity contribution in [3.05, 3.63) is 29.8 Å². The van der Waals surface area contributed by atoms with E-state index < -0.39 is 0 Å². The van der Waals surface area contributed by atoms with Crippen LogP contribution in [-0.4, -0.2) is 56.7 Å². The third-order valence-electron chi connectivity index (χ3n) is 5.51. The topological polar surface area (TPSA) is 44.8 Å². The Hall–Kier alpha value is -1.75. The van der Waals surface area contributed by atoms with Crippen LogP contribution in [0.2, 0.25) is 0 Å². The molecular formula is C21H35N3O2. The van der Waals surface area contributed by atoms with Gasteiger partial charge in [0.1, 0.15) is 5.75 Å². The van der Waals surface area contributed by atoms with Crippen LogP contribution in [0.15, 0.2) is 24.3 Å². The quantitative estimate of drug-likeness (QED) is 0.831. The second kappa shape index (κ2) is 10.4. The molecule has 2 rings (SSSR count). The fourth-order valence-electron chi connectivity index (χ4n) is 3.72. The minimum absolute atomic E-state index is 0.0379. The molecule has 1 aliphatic carbocycles. The average molecular weight is 362 g/mol. The summed E-state index contributed by atoms with van der Waals surface area (Å²) in [5, 5.41) is 3.14. The van der Waals surface area contributed by atoms with Gasteiger partial charge in [0, 0.05) is 19.6 Å². The fourth-order valence-corrected chi connectivity index (χ4v) is 3.72. The molecule has 0 aromatic heterocycles. The fraction of sp³-hybridized carbons (Fsp3) is 0.667. The number of hydrogen-bond acceptors (Lipinski definition) is 3. The number of benzene rings is 1. The van der Waals surface area contributed by atoms with Crippen LogP contribution in [0.1, 0.15) is 56.6 Å². The number of carbonyl (C=O) groups excluding carboxylic acids is 1. The predicted molar refractivity (Wildman–Crippen MR) is 107 cm³/mol. The second-order valence-electron chi connectivity index (χ2n) is 7.55. The van der Waals surface area contributed by atoms with Crippen LogP contribution in [-0.2, 0) is 0 Å². The highest BCUT2D eigenvalue weighted by Crippen LogP contribution is 2.22. The lowest BCUT2D eigenvalue weighted by atomic mass is 9.96. The number of likely N-dealkylation sites (N-methyl/N-ethyl adjacent to an activating group) is 1. The van der Waals surface area contributed by atoms with Crippen LogP contribution in [0.3, 0.4) is 0 Å². The van der Waals surface area contributed by atoms with E-state index in [0.717, 1.165) is 18.6 Å². The Kier molecular flexibility index (Phi) is 8.23. The zero-order valence-electron chi connectivity index (χ0n) is 16.8. The van der Waals surface area contributed by atoms with Crippen LogP contribution in [0, 0.1) is 0 Å². The van der Waals surface area contributed by atoms with Crippen LogP contribution in [0.5, 0.6) is 5.75 Å². The Morgan fingerprint density at radius 1 is 1.08 bits per heavy atom. The number of carbonyl (C=O) groups is 1.